The van der Waals surface area contributed by atoms with Gasteiger partial charge in [-0.15, -0.1) is 0 Å². The second kappa shape index (κ2) is 8.45. The minimum Gasteiger partial charge on any atom is -0.457 e. The van der Waals surface area contributed by atoms with Crippen LogP contribution >= 0.6 is 0 Å². The molecule has 4 aliphatic rings. The summed E-state index contributed by atoms with van der Waals surface area (Å²) in [5, 5.41) is 35.0. The fraction of sp³-hybridized carbons (Fsp3) is 0.704. The number of hydrogen-bond acceptors (Lipinski definition) is 11. The van der Waals surface area contributed by atoms with Crippen molar-refractivity contribution >= 4 is 23.5 Å². The van der Waals surface area contributed by atoms with Gasteiger partial charge in [-0.25, -0.2) is 4.79 Å². The molecule has 3 aliphatic carbocycles. The fourth-order valence-corrected chi connectivity index (χ4v) is 7.76. The van der Waals surface area contributed by atoms with Crippen molar-refractivity contribution in [2.45, 2.75) is 83.1 Å². The minimum absolute atomic E-state index is 0.122. The number of ether oxygens (including phenoxy) is 3. The number of carbonyl (C=O) groups is 4. The molecule has 0 aromatic carbocycles. The summed E-state index contributed by atoms with van der Waals surface area (Å²) >= 11 is 0. The second-order valence-electron chi connectivity index (χ2n) is 12.1. The largest absolute Gasteiger partial charge is 0.457 e. The lowest BCUT2D eigenvalue weighted by Crippen LogP contribution is -2.82. The average Bonchev–Trinajstić information content (AvgIpc) is 3.37. The van der Waals surface area contributed by atoms with Gasteiger partial charge in [0.2, 0.25) is 17.3 Å². The molecule has 5 rings (SSSR count). The van der Waals surface area contributed by atoms with Crippen molar-refractivity contribution < 1.29 is 53.1 Å². The van der Waals surface area contributed by atoms with Crippen molar-refractivity contribution in [1.82, 2.24) is 0 Å². The molecule has 11 heteroatoms. The van der Waals surface area contributed by atoms with Gasteiger partial charge in [0.1, 0.15) is 17.8 Å². The molecule has 0 amide bonds. The molecule has 1 aromatic rings. The zero-order valence-corrected chi connectivity index (χ0v) is 22.0. The van der Waals surface area contributed by atoms with Gasteiger partial charge < -0.3 is 33.9 Å². The van der Waals surface area contributed by atoms with Gasteiger partial charge in [-0.1, -0.05) is 20.8 Å². The molecule has 208 valence electrons. The molecule has 0 radical (unpaired) electrons. The Bertz CT molecular complexity index is 1170. The summed E-state index contributed by atoms with van der Waals surface area (Å²) in [7, 11) is 0. The van der Waals surface area contributed by atoms with Crippen molar-refractivity contribution in [2.75, 3.05) is 6.61 Å². The molecule has 2 unspecified atom stereocenters. The maximum Gasteiger partial charge on any atom is 0.374 e. The average molecular weight is 535 g/mol. The van der Waals surface area contributed by atoms with Crippen molar-refractivity contribution in [3.8, 4) is 0 Å². The molecule has 1 saturated heterocycles. The molecule has 3 saturated carbocycles. The van der Waals surface area contributed by atoms with Gasteiger partial charge in [-0.2, -0.15) is 0 Å². The van der Waals surface area contributed by atoms with E-state index in [2.05, 4.69) is 0 Å². The number of carbonyl (C=O) groups excluding carboxylic acids is 4. The quantitative estimate of drug-likeness (QED) is 0.371. The van der Waals surface area contributed by atoms with Gasteiger partial charge in [-0.05, 0) is 25.0 Å². The van der Waals surface area contributed by atoms with E-state index in [1.54, 1.807) is 20.8 Å². The predicted octanol–water partition coefficient (Wildman–Crippen LogP) is 0.819. The highest BCUT2D eigenvalue weighted by atomic mass is 16.6. The first-order valence-corrected chi connectivity index (χ1v) is 12.9. The van der Waals surface area contributed by atoms with Gasteiger partial charge in [-0.3, -0.25) is 14.4 Å². The van der Waals surface area contributed by atoms with Gasteiger partial charge in [0, 0.05) is 31.1 Å². The topological polar surface area (TPSA) is 170 Å². The summed E-state index contributed by atoms with van der Waals surface area (Å²) in [6.45, 7) is 7.16. The lowest BCUT2D eigenvalue weighted by atomic mass is 9.42. The van der Waals surface area contributed by atoms with Crippen LogP contribution in [0, 0.1) is 28.6 Å². The van der Waals surface area contributed by atoms with Gasteiger partial charge >= 0.3 is 11.9 Å². The second-order valence-corrected chi connectivity index (χ2v) is 12.1. The summed E-state index contributed by atoms with van der Waals surface area (Å²) in [5.74, 6) is -6.92. The molecule has 2 bridgehead atoms. The van der Waals surface area contributed by atoms with Crippen molar-refractivity contribution in [2.24, 2.45) is 28.6 Å². The highest BCUT2D eigenvalue weighted by Gasteiger charge is 2.79. The maximum atomic E-state index is 14.2. The van der Waals surface area contributed by atoms with Crippen LogP contribution in [-0.4, -0.2) is 81.0 Å². The van der Waals surface area contributed by atoms with Gasteiger partial charge in [0.25, 0.3) is 0 Å². The molecule has 1 aliphatic heterocycles. The van der Waals surface area contributed by atoms with Crippen LogP contribution in [0.25, 0.3) is 0 Å². The SMILES string of the molecule is CC(=O)O[C@@]12CO[C@@H]1C[C@H](O)[C@@]1(C)C(=O)C(=O)C3C(C)[C@@H](O)C[C@@](O)([C@@H](OC(=O)c4ccco4)[C@H]21)C3(C)C. The molecule has 4 fully saturated rings. The highest BCUT2D eigenvalue weighted by molar-refractivity contribution is 6.40. The van der Waals surface area contributed by atoms with Crippen LogP contribution < -0.4 is 0 Å². The number of ketones is 2. The van der Waals surface area contributed by atoms with Crippen LogP contribution in [0.15, 0.2) is 22.8 Å². The number of aliphatic hydroxyl groups excluding tert-OH is 2. The lowest BCUT2D eigenvalue weighted by molar-refractivity contribution is -0.349. The Kier molecular flexibility index (Phi) is 6.00. The third kappa shape index (κ3) is 3.28. The van der Waals surface area contributed by atoms with Crippen LogP contribution in [0.1, 0.15) is 58.0 Å². The van der Waals surface area contributed by atoms with E-state index in [1.165, 1.54) is 32.2 Å². The van der Waals surface area contributed by atoms with Crippen LogP contribution in [0.3, 0.4) is 0 Å². The minimum atomic E-state index is -2.10. The monoisotopic (exact) mass is 534 g/mol. The van der Waals surface area contributed by atoms with E-state index in [4.69, 9.17) is 18.6 Å². The smallest absolute Gasteiger partial charge is 0.374 e. The third-order valence-corrected chi connectivity index (χ3v) is 9.96. The highest BCUT2D eigenvalue weighted by Crippen LogP contribution is 2.64. The number of rotatable bonds is 3. The van der Waals surface area contributed by atoms with Crippen LogP contribution in [0.5, 0.6) is 0 Å². The Morgan fingerprint density at radius 3 is 2.39 bits per heavy atom. The number of aliphatic hydroxyl groups is 3. The first kappa shape index (κ1) is 27.0. The normalized spacial score (nSPS) is 45.5. The number of hydrogen-bond donors (Lipinski definition) is 3. The number of Topliss-reactive ketones (excluding diaryl/α,β-unsaturated/α-hetero) is 2. The molecule has 1 aromatic heterocycles. The molecule has 2 heterocycles. The zero-order chi connectivity index (χ0) is 28.0. The van der Waals surface area contributed by atoms with E-state index in [0.29, 0.717) is 0 Å². The lowest BCUT2D eigenvalue weighted by Gasteiger charge is -2.67. The summed E-state index contributed by atoms with van der Waals surface area (Å²) in [6, 6.07) is 2.84. The van der Waals surface area contributed by atoms with Crippen molar-refractivity contribution in [3.05, 3.63) is 24.2 Å². The van der Waals surface area contributed by atoms with Gasteiger partial charge in [0.15, 0.2) is 5.60 Å². The summed E-state index contributed by atoms with van der Waals surface area (Å²) in [6.07, 6.45) is -4.35. The van der Waals surface area contributed by atoms with Crippen LogP contribution in [0.4, 0.5) is 0 Å². The Hall–Kier alpha value is -2.60. The summed E-state index contributed by atoms with van der Waals surface area (Å²) < 4.78 is 22.7. The molecular weight excluding hydrogens is 500 g/mol. The molecule has 0 spiro atoms. The van der Waals surface area contributed by atoms with Gasteiger partial charge in [0.05, 0.1) is 36.4 Å². The van der Waals surface area contributed by atoms with E-state index in [1.807, 2.05) is 0 Å². The molecule has 3 N–H and O–H groups in total. The molecule has 10 atom stereocenters. The predicted molar refractivity (Wildman–Crippen MR) is 126 cm³/mol. The third-order valence-electron chi connectivity index (χ3n) is 9.96. The van der Waals surface area contributed by atoms with Crippen LogP contribution in [0.2, 0.25) is 0 Å². The first-order chi connectivity index (χ1) is 17.6. The van der Waals surface area contributed by atoms with Crippen LogP contribution in [-0.2, 0) is 28.6 Å². The van der Waals surface area contributed by atoms with E-state index in [9.17, 15) is 34.5 Å². The Balaban J connectivity index is 1.80. The summed E-state index contributed by atoms with van der Waals surface area (Å²) in [4.78, 5) is 53.8. The molecule has 11 nitrogen and oxygen atoms in total. The molecular formula is C27H34O11. The number of esters is 2. The summed E-state index contributed by atoms with van der Waals surface area (Å²) in [5.41, 5.74) is -7.02. The number of furan rings is 1. The van der Waals surface area contributed by atoms with E-state index in [0.717, 1.165) is 0 Å². The zero-order valence-electron chi connectivity index (χ0n) is 22.0. The van der Waals surface area contributed by atoms with E-state index < -0.39 is 87.7 Å². The van der Waals surface area contributed by atoms with E-state index >= 15 is 0 Å². The molecule has 38 heavy (non-hydrogen) atoms. The van der Waals surface area contributed by atoms with E-state index in [-0.39, 0.29) is 25.2 Å². The standard InChI is InChI=1S/C27H34O11/c1-12-14(29)10-27(34)22(37-23(33)15-7-6-8-35-15)20-25(5,21(32)19(31)18(12)24(27,3)4)16(30)9-17-26(20,11-36-17)38-13(2)28/h6-8,12,14,16-18,20,22,29-30,34H,9-11H2,1-5H3/t12?,14-,16-,17+,18?,20-,22-,25+,26-,27+/m0/s1. The Labute approximate surface area is 219 Å². The number of fused-ring (bicyclic) bond motifs is 5. The van der Waals surface area contributed by atoms with Crippen molar-refractivity contribution in [1.29, 1.82) is 0 Å². The first-order valence-electron chi connectivity index (χ1n) is 12.9. The Morgan fingerprint density at radius 1 is 1.16 bits per heavy atom. The fourth-order valence-electron chi connectivity index (χ4n) is 7.76. The maximum absolute atomic E-state index is 14.2. The Morgan fingerprint density at radius 2 is 1.84 bits per heavy atom. The van der Waals surface area contributed by atoms with Crippen molar-refractivity contribution in [3.63, 3.8) is 0 Å².